The maximum atomic E-state index is 12.9. The van der Waals surface area contributed by atoms with Gasteiger partial charge in [-0.1, -0.05) is 17.7 Å². The predicted molar refractivity (Wildman–Crippen MR) is 105 cm³/mol. The summed E-state index contributed by atoms with van der Waals surface area (Å²) in [5.41, 5.74) is 2.83. The number of ether oxygens (including phenoxy) is 3. The van der Waals surface area contributed by atoms with E-state index in [2.05, 4.69) is 4.98 Å². The molecule has 28 heavy (non-hydrogen) atoms. The molecule has 3 heterocycles. The maximum absolute atomic E-state index is 12.9. The van der Waals surface area contributed by atoms with Gasteiger partial charge in [0.05, 0.1) is 25.9 Å². The molecule has 1 fully saturated rings. The molecule has 2 aliphatic heterocycles. The molecule has 0 saturated carbocycles. The highest BCUT2D eigenvalue weighted by Gasteiger charge is 2.24. The van der Waals surface area contributed by atoms with E-state index in [1.807, 2.05) is 23.1 Å². The molecule has 0 unspecified atom stereocenters. The van der Waals surface area contributed by atoms with Crippen LogP contribution in [-0.4, -0.2) is 48.8 Å². The van der Waals surface area contributed by atoms with Crippen molar-refractivity contribution in [1.82, 2.24) is 9.88 Å². The Morgan fingerprint density at radius 3 is 2.82 bits per heavy atom. The molecule has 7 heteroatoms. The Bertz CT molecular complexity index is 867. The van der Waals surface area contributed by atoms with Gasteiger partial charge in [-0.15, -0.1) is 0 Å². The summed E-state index contributed by atoms with van der Waals surface area (Å²) in [6.07, 6.45) is 4.03. The van der Waals surface area contributed by atoms with Crippen LogP contribution in [0.5, 0.6) is 11.6 Å². The summed E-state index contributed by atoms with van der Waals surface area (Å²) in [6, 6.07) is 7.63. The average Bonchev–Trinajstić information content (AvgIpc) is 2.74. The number of carbonyl (C=O) groups excluding carboxylic acids is 1. The van der Waals surface area contributed by atoms with Gasteiger partial charge in [0, 0.05) is 32.1 Å². The topological polar surface area (TPSA) is 60.9 Å². The number of hydrogen-bond acceptors (Lipinski definition) is 5. The molecule has 2 aromatic rings. The van der Waals surface area contributed by atoms with Crippen molar-refractivity contribution < 1.29 is 19.0 Å². The molecule has 1 aromatic heterocycles. The lowest BCUT2D eigenvalue weighted by Gasteiger charge is -2.29. The molecule has 1 saturated heterocycles. The zero-order chi connectivity index (χ0) is 19.5. The minimum Gasteiger partial charge on any atom is -0.497 e. The Morgan fingerprint density at radius 2 is 2.07 bits per heavy atom. The second kappa shape index (κ2) is 8.37. The molecule has 2 aliphatic rings. The summed E-state index contributed by atoms with van der Waals surface area (Å²) in [6.45, 7) is 2.58. The van der Waals surface area contributed by atoms with Gasteiger partial charge in [0.25, 0.3) is 5.91 Å². The highest BCUT2D eigenvalue weighted by atomic mass is 35.5. The second-order valence-corrected chi connectivity index (χ2v) is 7.46. The van der Waals surface area contributed by atoms with Crippen molar-refractivity contribution >= 4 is 17.5 Å². The summed E-state index contributed by atoms with van der Waals surface area (Å²) in [5.74, 6) is 1.14. The molecule has 0 spiro atoms. The Balaban J connectivity index is 1.45. The van der Waals surface area contributed by atoms with E-state index in [0.717, 1.165) is 30.6 Å². The van der Waals surface area contributed by atoms with Gasteiger partial charge >= 0.3 is 0 Å². The van der Waals surface area contributed by atoms with E-state index in [1.165, 1.54) is 5.56 Å². The van der Waals surface area contributed by atoms with Gasteiger partial charge in [-0.2, -0.15) is 0 Å². The number of rotatable bonds is 4. The Morgan fingerprint density at radius 1 is 1.25 bits per heavy atom. The third-order valence-corrected chi connectivity index (χ3v) is 5.48. The molecule has 0 atom stereocenters. The number of halogens is 1. The second-order valence-electron chi connectivity index (χ2n) is 7.05. The Hall–Kier alpha value is -2.31. The van der Waals surface area contributed by atoms with Gasteiger partial charge in [0.15, 0.2) is 0 Å². The summed E-state index contributed by atoms with van der Waals surface area (Å²) in [5, 5.41) is 0.361. The summed E-state index contributed by atoms with van der Waals surface area (Å²) in [7, 11) is 1.66. The third-order valence-electron chi connectivity index (χ3n) is 5.21. The standard InChI is InChI=1S/C21H23ClN2O4/c1-26-18-3-2-15-13-24(7-4-14(15)10-18)21(25)16-11-19(22)20(23-12-16)28-17-5-8-27-9-6-17/h2-3,10-12,17H,4-9,13H2,1H3. The molecule has 148 valence electrons. The van der Waals surface area contributed by atoms with Crippen molar-refractivity contribution in [3.8, 4) is 11.6 Å². The average molecular weight is 403 g/mol. The lowest BCUT2D eigenvalue weighted by molar-refractivity contribution is 0.0238. The fourth-order valence-electron chi connectivity index (χ4n) is 3.59. The van der Waals surface area contributed by atoms with Crippen molar-refractivity contribution in [2.24, 2.45) is 0 Å². The molecule has 0 bridgehead atoms. The number of amides is 1. The molecule has 0 radical (unpaired) electrons. The summed E-state index contributed by atoms with van der Waals surface area (Å²) >= 11 is 6.34. The van der Waals surface area contributed by atoms with Crippen molar-refractivity contribution in [3.63, 3.8) is 0 Å². The quantitative estimate of drug-likeness (QED) is 0.783. The van der Waals surface area contributed by atoms with Crippen LogP contribution in [0.1, 0.15) is 34.3 Å². The van der Waals surface area contributed by atoms with E-state index in [-0.39, 0.29) is 12.0 Å². The van der Waals surface area contributed by atoms with Crippen LogP contribution in [0.15, 0.2) is 30.5 Å². The molecule has 1 amide bonds. The molecular formula is C21H23ClN2O4. The number of aromatic nitrogens is 1. The first-order valence-corrected chi connectivity index (χ1v) is 9.87. The number of nitrogens with zero attached hydrogens (tertiary/aromatic N) is 2. The van der Waals surface area contributed by atoms with Crippen LogP contribution in [0.4, 0.5) is 0 Å². The van der Waals surface area contributed by atoms with Crippen molar-refractivity contribution in [3.05, 3.63) is 52.2 Å². The largest absolute Gasteiger partial charge is 0.497 e. The van der Waals surface area contributed by atoms with E-state index in [4.69, 9.17) is 25.8 Å². The van der Waals surface area contributed by atoms with E-state index in [1.54, 1.807) is 19.4 Å². The van der Waals surface area contributed by atoms with Gasteiger partial charge < -0.3 is 19.1 Å². The molecule has 0 aliphatic carbocycles. The van der Waals surface area contributed by atoms with Crippen molar-refractivity contribution in [2.45, 2.75) is 31.9 Å². The first kappa shape index (κ1) is 19.0. The number of hydrogen-bond donors (Lipinski definition) is 0. The Kier molecular flexibility index (Phi) is 5.69. The number of carbonyl (C=O) groups is 1. The molecule has 0 N–H and O–H groups in total. The minimum absolute atomic E-state index is 0.0517. The zero-order valence-corrected chi connectivity index (χ0v) is 16.6. The van der Waals surface area contributed by atoms with Crippen LogP contribution >= 0.6 is 11.6 Å². The third kappa shape index (κ3) is 4.08. The predicted octanol–water partition coefficient (Wildman–Crippen LogP) is 3.50. The van der Waals surface area contributed by atoms with Gasteiger partial charge in [0.1, 0.15) is 16.9 Å². The lowest BCUT2D eigenvalue weighted by atomic mass is 9.99. The lowest BCUT2D eigenvalue weighted by Crippen LogP contribution is -2.36. The molecule has 6 nitrogen and oxygen atoms in total. The van der Waals surface area contributed by atoms with Gasteiger partial charge in [-0.05, 0) is 35.7 Å². The SMILES string of the molecule is COc1ccc2c(c1)CCN(C(=O)c1cnc(OC3CCOCC3)c(Cl)c1)C2. The minimum atomic E-state index is -0.0755. The number of fused-ring (bicyclic) bond motifs is 1. The van der Waals surface area contributed by atoms with Crippen LogP contribution in [0.3, 0.4) is 0 Å². The normalized spacial score (nSPS) is 17.1. The smallest absolute Gasteiger partial charge is 0.255 e. The first-order valence-electron chi connectivity index (χ1n) is 9.49. The summed E-state index contributed by atoms with van der Waals surface area (Å²) < 4.78 is 16.5. The zero-order valence-electron chi connectivity index (χ0n) is 15.8. The van der Waals surface area contributed by atoms with Crippen LogP contribution in [0, 0.1) is 0 Å². The van der Waals surface area contributed by atoms with Crippen LogP contribution in [0.2, 0.25) is 5.02 Å². The van der Waals surface area contributed by atoms with Crippen molar-refractivity contribution in [2.75, 3.05) is 26.9 Å². The van der Waals surface area contributed by atoms with Crippen LogP contribution in [0.25, 0.3) is 0 Å². The van der Waals surface area contributed by atoms with E-state index in [9.17, 15) is 4.79 Å². The number of pyridine rings is 1. The molecule has 1 aromatic carbocycles. The van der Waals surface area contributed by atoms with Gasteiger partial charge in [-0.25, -0.2) is 4.98 Å². The maximum Gasteiger partial charge on any atom is 0.255 e. The van der Waals surface area contributed by atoms with E-state index >= 15 is 0 Å². The van der Waals surface area contributed by atoms with Crippen LogP contribution < -0.4 is 9.47 Å². The monoisotopic (exact) mass is 402 g/mol. The highest BCUT2D eigenvalue weighted by molar-refractivity contribution is 6.32. The first-order chi connectivity index (χ1) is 13.6. The fraction of sp³-hybridized carbons (Fsp3) is 0.429. The van der Waals surface area contributed by atoms with Gasteiger partial charge in [0.2, 0.25) is 5.88 Å². The fourth-order valence-corrected chi connectivity index (χ4v) is 3.80. The highest BCUT2D eigenvalue weighted by Crippen LogP contribution is 2.28. The number of benzene rings is 1. The Labute approximate surface area is 169 Å². The number of methoxy groups -OCH3 is 1. The summed E-state index contributed by atoms with van der Waals surface area (Å²) in [4.78, 5) is 19.0. The molecular weight excluding hydrogens is 380 g/mol. The van der Waals surface area contributed by atoms with E-state index in [0.29, 0.717) is 42.8 Å². The van der Waals surface area contributed by atoms with E-state index < -0.39 is 0 Å². The van der Waals surface area contributed by atoms with Gasteiger partial charge in [-0.3, -0.25) is 4.79 Å². The molecule has 4 rings (SSSR count). The van der Waals surface area contributed by atoms with Crippen molar-refractivity contribution in [1.29, 1.82) is 0 Å². The van der Waals surface area contributed by atoms with Crippen LogP contribution in [-0.2, 0) is 17.7 Å².